The van der Waals surface area contributed by atoms with Crippen molar-refractivity contribution in [1.29, 1.82) is 0 Å². The summed E-state index contributed by atoms with van der Waals surface area (Å²) in [6.45, 7) is 2.91. The number of methoxy groups -OCH3 is 1. The van der Waals surface area contributed by atoms with Crippen LogP contribution in [0.25, 0.3) is 0 Å². The lowest BCUT2D eigenvalue weighted by atomic mass is 10.0. The number of para-hydroxylation sites is 1. The first-order valence-corrected chi connectivity index (χ1v) is 19.0. The summed E-state index contributed by atoms with van der Waals surface area (Å²) < 4.78 is 35.5. The molecule has 1 unspecified atom stereocenters. The van der Waals surface area contributed by atoms with Gasteiger partial charge in [0.15, 0.2) is 12.7 Å². The fourth-order valence-corrected chi connectivity index (χ4v) is 6.30. The molecule has 0 aliphatic carbocycles. The zero-order valence-electron chi connectivity index (χ0n) is 27.0. The molecule has 1 aromatic carbocycles. The van der Waals surface area contributed by atoms with E-state index in [0.717, 1.165) is 18.4 Å². The summed E-state index contributed by atoms with van der Waals surface area (Å²) in [4.78, 5) is 22.4. The maximum Gasteiger partial charge on any atom is 0.527 e. The fraction of sp³-hybridized carbons (Fsp3) is 0.697. The number of phosphoric acid groups is 1. The summed E-state index contributed by atoms with van der Waals surface area (Å²) in [5.74, 6) is 0.260. The molecule has 250 valence electrons. The van der Waals surface area contributed by atoms with Crippen LogP contribution in [-0.2, 0) is 25.1 Å². The van der Waals surface area contributed by atoms with E-state index >= 15 is 0 Å². The first kappa shape index (κ1) is 38.2. The largest absolute Gasteiger partial charge is 0.527 e. The van der Waals surface area contributed by atoms with Crippen molar-refractivity contribution in [3.63, 3.8) is 0 Å². The molecule has 2 aromatic rings. The molecule has 0 bridgehead atoms. The Hall–Kier alpha value is -1.97. The molecule has 1 amide bonds. The van der Waals surface area contributed by atoms with Crippen LogP contribution in [-0.4, -0.2) is 44.0 Å². The molecular weight excluding hydrogens is 599 g/mol. The van der Waals surface area contributed by atoms with Gasteiger partial charge in [0.2, 0.25) is 5.51 Å². The van der Waals surface area contributed by atoms with Crippen LogP contribution >= 0.6 is 19.2 Å². The Kier molecular flexibility index (Phi) is 21.1. The number of thiazole rings is 1. The number of nitrogens with zero attached hydrogens (tertiary/aromatic N) is 1. The average Bonchev–Trinajstić information content (AvgIpc) is 3.53. The smallest absolute Gasteiger partial charge is 0.447 e. The number of aromatic nitrogens is 1. The minimum atomic E-state index is -4.44. The van der Waals surface area contributed by atoms with Crippen LogP contribution < -0.4 is 14.4 Å². The quantitative estimate of drug-likeness (QED) is 0.0564. The van der Waals surface area contributed by atoms with Crippen LogP contribution in [0.4, 0.5) is 4.79 Å². The van der Waals surface area contributed by atoms with E-state index in [4.69, 9.17) is 18.5 Å². The standard InChI is InChI=1S/C33H55N2O7PS/c1-3-4-5-6-7-8-9-10-11-12-13-14-15-16-17-20-23-34-33(36)40-27-31(39-2)28-41-43(37,38)42-32-22-19-18-21-30(32)26-35-24-25-44-29-35/h18-19,21-22,24-25,29,31H,3-17,20,23,26-28H2,1-2H3,(H-,34,36,37,38)/p+1/t31-/m1/s1. The molecule has 1 heterocycles. The molecule has 0 spiro atoms. The first-order valence-electron chi connectivity index (χ1n) is 16.5. The molecule has 1 aromatic heterocycles. The highest BCUT2D eigenvalue weighted by Gasteiger charge is 2.27. The van der Waals surface area contributed by atoms with E-state index in [1.165, 1.54) is 97.0 Å². The molecule has 0 saturated heterocycles. The van der Waals surface area contributed by atoms with E-state index in [1.807, 2.05) is 33.8 Å². The fourth-order valence-electron chi connectivity index (χ4n) is 4.87. The molecule has 0 aliphatic rings. The maximum atomic E-state index is 12.6. The summed E-state index contributed by atoms with van der Waals surface area (Å²) in [5, 5.41) is 4.70. The number of rotatable bonds is 27. The van der Waals surface area contributed by atoms with Gasteiger partial charge in [-0.3, -0.25) is 9.42 Å². The van der Waals surface area contributed by atoms with E-state index in [-0.39, 0.29) is 19.0 Å². The number of hydrogen-bond donors (Lipinski definition) is 2. The number of phosphoric ester groups is 1. The van der Waals surface area contributed by atoms with Gasteiger partial charge >= 0.3 is 13.9 Å². The average molecular weight is 656 g/mol. The number of carbonyl (C=O) groups is 1. The maximum absolute atomic E-state index is 12.6. The molecule has 0 aliphatic heterocycles. The van der Waals surface area contributed by atoms with Crippen LogP contribution in [0, 0.1) is 0 Å². The van der Waals surface area contributed by atoms with Crippen LogP contribution in [0.15, 0.2) is 41.4 Å². The molecule has 44 heavy (non-hydrogen) atoms. The highest BCUT2D eigenvalue weighted by molar-refractivity contribution is 7.47. The van der Waals surface area contributed by atoms with E-state index in [0.29, 0.717) is 13.1 Å². The molecule has 0 saturated carbocycles. The van der Waals surface area contributed by atoms with Crippen molar-refractivity contribution in [2.24, 2.45) is 0 Å². The molecule has 2 rings (SSSR count). The van der Waals surface area contributed by atoms with Crippen LogP contribution in [0.5, 0.6) is 5.75 Å². The number of ether oxygens (including phenoxy) is 2. The van der Waals surface area contributed by atoms with Crippen molar-refractivity contribution in [2.75, 3.05) is 26.9 Å². The third-order valence-corrected chi connectivity index (χ3v) is 9.10. The first-order chi connectivity index (χ1) is 21.4. The normalized spacial score (nSPS) is 13.3. The summed E-state index contributed by atoms with van der Waals surface area (Å²) in [5.41, 5.74) is 2.67. The number of amides is 1. The number of unbranched alkanes of at least 4 members (excludes halogenated alkanes) is 15. The van der Waals surface area contributed by atoms with Gasteiger partial charge in [-0.05, 0) is 18.6 Å². The molecule has 11 heteroatoms. The SMILES string of the molecule is CCCCCCCCCCCCCCCCCCNC(=O)OC[C@H](COP(=O)(O)Oc1ccccc1C[n+]1ccsc1)OC. The Balaban J connectivity index is 1.47. The number of alkyl carbamates (subject to hydrolysis) is 1. The Labute approximate surface area is 269 Å². The second kappa shape index (κ2) is 24.3. The predicted octanol–water partition coefficient (Wildman–Crippen LogP) is 8.58. The topological polar surface area (TPSA) is 107 Å². The van der Waals surface area contributed by atoms with Gasteiger partial charge in [0.1, 0.15) is 18.5 Å². The molecule has 2 N–H and O–H groups in total. The third-order valence-electron chi connectivity index (χ3n) is 7.52. The van der Waals surface area contributed by atoms with Crippen LogP contribution in [0.1, 0.15) is 115 Å². The number of nitrogens with one attached hydrogen (secondary N) is 1. The van der Waals surface area contributed by atoms with E-state index in [9.17, 15) is 14.3 Å². The minimum Gasteiger partial charge on any atom is -0.447 e. The van der Waals surface area contributed by atoms with Gasteiger partial charge in [0.25, 0.3) is 0 Å². The number of carbonyl (C=O) groups excluding carboxylic acids is 1. The molecular formula is C33H56N2O7PS+. The zero-order valence-corrected chi connectivity index (χ0v) is 28.7. The lowest BCUT2D eigenvalue weighted by molar-refractivity contribution is -0.683. The Bertz CT molecular complexity index is 1040. The van der Waals surface area contributed by atoms with Crippen molar-refractivity contribution in [2.45, 2.75) is 122 Å². The summed E-state index contributed by atoms with van der Waals surface area (Å²) in [6, 6.07) is 7.00. The van der Waals surface area contributed by atoms with Gasteiger partial charge in [-0.1, -0.05) is 127 Å². The van der Waals surface area contributed by atoms with E-state index in [1.54, 1.807) is 23.5 Å². The van der Waals surface area contributed by atoms with Gasteiger partial charge in [0, 0.05) is 13.7 Å². The van der Waals surface area contributed by atoms with E-state index < -0.39 is 20.0 Å². The Morgan fingerprint density at radius 1 is 0.909 bits per heavy atom. The van der Waals surface area contributed by atoms with E-state index in [2.05, 4.69) is 12.2 Å². The van der Waals surface area contributed by atoms with Crippen LogP contribution in [0.2, 0.25) is 0 Å². The lowest BCUT2D eigenvalue weighted by Crippen LogP contribution is -2.31. The summed E-state index contributed by atoms with van der Waals surface area (Å²) in [7, 11) is -3.02. The van der Waals surface area contributed by atoms with Crippen LogP contribution in [0.3, 0.4) is 0 Å². The predicted molar refractivity (Wildman–Crippen MR) is 176 cm³/mol. The lowest BCUT2D eigenvalue weighted by Gasteiger charge is -2.19. The van der Waals surface area contributed by atoms with Crippen molar-refractivity contribution in [1.82, 2.24) is 5.32 Å². The van der Waals surface area contributed by atoms with Gasteiger partial charge < -0.3 is 19.3 Å². The molecule has 0 fully saturated rings. The van der Waals surface area contributed by atoms with Crippen molar-refractivity contribution >= 4 is 25.3 Å². The summed E-state index contributed by atoms with van der Waals surface area (Å²) >= 11 is 1.55. The Morgan fingerprint density at radius 3 is 2.07 bits per heavy atom. The highest BCUT2D eigenvalue weighted by Crippen LogP contribution is 2.45. The molecule has 2 atom stereocenters. The van der Waals surface area contributed by atoms with Crippen molar-refractivity contribution in [3.05, 3.63) is 46.9 Å². The van der Waals surface area contributed by atoms with Gasteiger partial charge in [-0.15, -0.1) is 0 Å². The van der Waals surface area contributed by atoms with Gasteiger partial charge in [-0.2, -0.15) is 4.57 Å². The second-order valence-electron chi connectivity index (χ2n) is 11.3. The highest BCUT2D eigenvalue weighted by atomic mass is 32.1. The number of hydrogen-bond acceptors (Lipinski definition) is 7. The van der Waals surface area contributed by atoms with Crippen molar-refractivity contribution < 1.29 is 37.3 Å². The minimum absolute atomic E-state index is 0.118. The monoisotopic (exact) mass is 655 g/mol. The molecule has 9 nitrogen and oxygen atoms in total. The van der Waals surface area contributed by atoms with Gasteiger partial charge in [-0.25, -0.2) is 9.36 Å². The zero-order chi connectivity index (χ0) is 31.7. The summed E-state index contributed by atoms with van der Waals surface area (Å²) in [6.07, 6.45) is 21.5. The molecule has 0 radical (unpaired) electrons. The van der Waals surface area contributed by atoms with Crippen molar-refractivity contribution in [3.8, 4) is 5.75 Å². The second-order valence-corrected chi connectivity index (χ2v) is 13.5. The third kappa shape index (κ3) is 18.7. The van der Waals surface area contributed by atoms with Gasteiger partial charge in [0.05, 0.1) is 17.6 Å². The Morgan fingerprint density at radius 2 is 1.50 bits per heavy atom. The number of benzene rings is 1.